The summed E-state index contributed by atoms with van der Waals surface area (Å²) in [7, 11) is 0. The third-order valence-electron chi connectivity index (χ3n) is 9.42. The van der Waals surface area contributed by atoms with Crippen LogP contribution in [0.4, 0.5) is 0 Å². The Morgan fingerprint density at radius 3 is 2.10 bits per heavy atom. The molecule has 1 saturated heterocycles. The number of aromatic nitrogens is 1. The number of carbonyl (C=O) groups excluding carboxylic acids is 1. The number of hydrogen-bond donors (Lipinski definition) is 0. The summed E-state index contributed by atoms with van der Waals surface area (Å²) in [6, 6.07) is 35.0. The molecule has 0 atom stereocenters. The number of nitrogens with zero attached hydrogens (tertiary/aromatic N) is 3. The van der Waals surface area contributed by atoms with E-state index in [9.17, 15) is 4.79 Å². The number of hydrogen-bond acceptors (Lipinski definition) is 6. The monoisotopic (exact) mass is 695 g/mol. The van der Waals surface area contributed by atoms with Gasteiger partial charge in [0.15, 0.2) is 0 Å². The summed E-state index contributed by atoms with van der Waals surface area (Å²) in [5.74, 6) is 3.33. The standard InChI is InChI=1S/C45H49N3O4/c1-33(2)39-13-17-41(18-14-39)50-28-23-36-9-11-37(12-10-36)31-47-24-26-48(27-25-47)45(49)22-16-40-15-19-42(29-35(40)4)52-44-21-20-43(30-46-44)51-32-38-7-5-34(3)6-8-38/h5-22,29-30,33H,23-28,31-32H2,1-4H3/b22-16+. The van der Waals surface area contributed by atoms with Crippen molar-refractivity contribution in [3.05, 3.63) is 154 Å². The van der Waals surface area contributed by atoms with Crippen LogP contribution in [0.15, 0.2) is 115 Å². The second-order valence-electron chi connectivity index (χ2n) is 13.8. The second-order valence-corrected chi connectivity index (χ2v) is 13.8. The first-order chi connectivity index (χ1) is 25.3. The van der Waals surface area contributed by atoms with Gasteiger partial charge in [-0.05, 0) is 89.6 Å². The Labute approximate surface area is 308 Å². The number of amides is 1. The molecule has 268 valence electrons. The van der Waals surface area contributed by atoms with Crippen molar-refractivity contribution in [2.75, 3.05) is 32.8 Å². The van der Waals surface area contributed by atoms with E-state index in [4.69, 9.17) is 14.2 Å². The number of pyridine rings is 1. The van der Waals surface area contributed by atoms with Crippen LogP contribution >= 0.6 is 0 Å². The second kappa shape index (κ2) is 17.7. The Morgan fingerprint density at radius 2 is 1.42 bits per heavy atom. The maximum absolute atomic E-state index is 13.0. The van der Waals surface area contributed by atoms with Gasteiger partial charge in [-0.1, -0.05) is 86.1 Å². The van der Waals surface area contributed by atoms with Gasteiger partial charge in [-0.3, -0.25) is 9.69 Å². The SMILES string of the molecule is Cc1ccc(COc2ccc(Oc3ccc(/C=C/C(=O)N4CCN(Cc5ccc(CCOc6ccc(C(C)C)cc6)cc5)CC4)c(C)c3)nc2)cc1. The molecule has 1 amide bonds. The van der Waals surface area contributed by atoms with Crippen LogP contribution in [0, 0.1) is 13.8 Å². The van der Waals surface area contributed by atoms with Crippen molar-refractivity contribution in [2.45, 2.75) is 53.2 Å². The molecule has 1 fully saturated rings. The van der Waals surface area contributed by atoms with Crippen molar-refractivity contribution in [3.8, 4) is 23.1 Å². The first kappa shape index (κ1) is 36.4. The maximum atomic E-state index is 13.0. The van der Waals surface area contributed by atoms with E-state index in [-0.39, 0.29) is 5.91 Å². The van der Waals surface area contributed by atoms with Crippen LogP contribution in [0.2, 0.25) is 0 Å². The van der Waals surface area contributed by atoms with Crippen LogP contribution in [0.3, 0.4) is 0 Å². The Balaban J connectivity index is 0.903. The highest BCUT2D eigenvalue weighted by Crippen LogP contribution is 2.25. The number of piperazine rings is 1. The van der Waals surface area contributed by atoms with Crippen molar-refractivity contribution in [1.82, 2.24) is 14.8 Å². The summed E-state index contributed by atoms with van der Waals surface area (Å²) in [6.45, 7) is 13.6. The Bertz CT molecular complexity index is 1910. The summed E-state index contributed by atoms with van der Waals surface area (Å²) >= 11 is 0. The predicted molar refractivity (Wildman–Crippen MR) is 208 cm³/mol. The third-order valence-corrected chi connectivity index (χ3v) is 9.42. The van der Waals surface area contributed by atoms with Gasteiger partial charge in [-0.25, -0.2) is 4.98 Å². The fourth-order valence-electron chi connectivity index (χ4n) is 6.08. The van der Waals surface area contributed by atoms with E-state index in [2.05, 4.69) is 103 Å². The molecule has 0 N–H and O–H groups in total. The van der Waals surface area contributed by atoms with Gasteiger partial charge in [0.2, 0.25) is 11.8 Å². The van der Waals surface area contributed by atoms with Gasteiger partial charge < -0.3 is 19.1 Å². The molecule has 5 aromatic rings. The molecule has 1 aromatic heterocycles. The van der Waals surface area contributed by atoms with Gasteiger partial charge in [0.25, 0.3) is 0 Å². The van der Waals surface area contributed by atoms with Crippen molar-refractivity contribution in [3.63, 3.8) is 0 Å². The lowest BCUT2D eigenvalue weighted by molar-refractivity contribution is -0.127. The fourth-order valence-corrected chi connectivity index (χ4v) is 6.08. The molecule has 1 aliphatic rings. The first-order valence-electron chi connectivity index (χ1n) is 18.2. The smallest absolute Gasteiger partial charge is 0.246 e. The average molecular weight is 696 g/mol. The minimum absolute atomic E-state index is 0.0377. The van der Waals surface area contributed by atoms with Gasteiger partial charge in [0.1, 0.15) is 23.9 Å². The topological polar surface area (TPSA) is 64.1 Å². The highest BCUT2D eigenvalue weighted by atomic mass is 16.5. The van der Waals surface area contributed by atoms with E-state index in [0.29, 0.717) is 49.6 Å². The van der Waals surface area contributed by atoms with E-state index in [0.717, 1.165) is 48.5 Å². The maximum Gasteiger partial charge on any atom is 0.246 e. The zero-order chi connectivity index (χ0) is 36.3. The number of carbonyl (C=O) groups is 1. The summed E-state index contributed by atoms with van der Waals surface area (Å²) in [5, 5.41) is 0. The molecule has 2 heterocycles. The molecule has 7 nitrogen and oxygen atoms in total. The minimum atomic E-state index is 0.0377. The lowest BCUT2D eigenvalue weighted by Gasteiger charge is -2.34. The molecule has 0 bridgehead atoms. The van der Waals surface area contributed by atoms with E-state index in [1.165, 1.54) is 22.3 Å². The molecule has 0 aliphatic carbocycles. The van der Waals surface area contributed by atoms with E-state index in [1.807, 2.05) is 42.2 Å². The fraction of sp³-hybridized carbons (Fsp3) is 0.289. The van der Waals surface area contributed by atoms with Crippen LogP contribution in [-0.2, 0) is 24.4 Å². The van der Waals surface area contributed by atoms with Crippen LogP contribution in [0.25, 0.3) is 6.08 Å². The minimum Gasteiger partial charge on any atom is -0.493 e. The molecular formula is C45H49N3O4. The molecular weight excluding hydrogens is 647 g/mol. The number of ether oxygens (including phenoxy) is 3. The van der Waals surface area contributed by atoms with Gasteiger partial charge in [0.05, 0.1) is 12.8 Å². The number of aryl methyl sites for hydroxylation is 2. The molecule has 4 aromatic carbocycles. The van der Waals surface area contributed by atoms with Crippen molar-refractivity contribution >= 4 is 12.0 Å². The van der Waals surface area contributed by atoms with E-state index in [1.54, 1.807) is 18.3 Å². The average Bonchev–Trinajstić information content (AvgIpc) is 3.16. The first-order valence-corrected chi connectivity index (χ1v) is 18.2. The zero-order valence-corrected chi connectivity index (χ0v) is 30.8. The van der Waals surface area contributed by atoms with Crippen LogP contribution in [-0.4, -0.2) is 53.5 Å². The molecule has 7 heteroatoms. The number of benzene rings is 4. The van der Waals surface area contributed by atoms with E-state index < -0.39 is 0 Å². The van der Waals surface area contributed by atoms with Crippen molar-refractivity contribution in [2.24, 2.45) is 0 Å². The van der Waals surface area contributed by atoms with Crippen molar-refractivity contribution < 1.29 is 19.0 Å². The summed E-state index contributed by atoms with van der Waals surface area (Å²) in [4.78, 5) is 21.8. The Hall–Kier alpha value is -5.40. The highest BCUT2D eigenvalue weighted by molar-refractivity contribution is 5.92. The van der Waals surface area contributed by atoms with Gasteiger partial charge >= 0.3 is 0 Å². The molecule has 0 unspecified atom stereocenters. The van der Waals surface area contributed by atoms with Crippen LogP contribution in [0.1, 0.15) is 58.7 Å². The zero-order valence-electron chi connectivity index (χ0n) is 30.8. The van der Waals surface area contributed by atoms with Crippen molar-refractivity contribution in [1.29, 1.82) is 0 Å². The molecule has 0 saturated carbocycles. The third kappa shape index (κ3) is 10.6. The number of rotatable bonds is 14. The lowest BCUT2D eigenvalue weighted by Crippen LogP contribution is -2.47. The Kier molecular flexibility index (Phi) is 12.4. The molecule has 0 radical (unpaired) electrons. The summed E-state index contributed by atoms with van der Waals surface area (Å²) in [6.07, 6.45) is 6.11. The molecule has 1 aliphatic heterocycles. The highest BCUT2D eigenvalue weighted by Gasteiger charge is 2.20. The van der Waals surface area contributed by atoms with E-state index >= 15 is 0 Å². The van der Waals surface area contributed by atoms with Gasteiger partial charge in [-0.2, -0.15) is 0 Å². The molecule has 6 rings (SSSR count). The van der Waals surface area contributed by atoms with Crippen LogP contribution < -0.4 is 14.2 Å². The van der Waals surface area contributed by atoms with Gasteiger partial charge in [0, 0.05) is 51.3 Å². The molecule has 0 spiro atoms. The van der Waals surface area contributed by atoms with Crippen LogP contribution in [0.5, 0.6) is 23.1 Å². The summed E-state index contributed by atoms with van der Waals surface area (Å²) < 4.78 is 17.8. The molecule has 52 heavy (non-hydrogen) atoms. The largest absolute Gasteiger partial charge is 0.493 e. The normalized spacial score (nSPS) is 13.4. The Morgan fingerprint density at radius 1 is 0.750 bits per heavy atom. The predicted octanol–water partition coefficient (Wildman–Crippen LogP) is 9.17. The quantitative estimate of drug-likeness (QED) is 0.108. The lowest BCUT2D eigenvalue weighted by atomic mass is 10.0. The summed E-state index contributed by atoms with van der Waals surface area (Å²) in [5.41, 5.74) is 8.19. The van der Waals surface area contributed by atoms with Gasteiger partial charge in [-0.15, -0.1) is 0 Å².